The molecule has 0 N–H and O–H groups in total. The van der Waals surface area contributed by atoms with Crippen LogP contribution in [0.4, 0.5) is 0 Å². The van der Waals surface area contributed by atoms with Gasteiger partial charge in [0.2, 0.25) is 0 Å². The van der Waals surface area contributed by atoms with Crippen molar-refractivity contribution < 1.29 is 0 Å². The van der Waals surface area contributed by atoms with Crippen molar-refractivity contribution in [2.24, 2.45) is 0 Å². The van der Waals surface area contributed by atoms with Crippen LogP contribution >= 0.6 is 0 Å². The lowest BCUT2D eigenvalue weighted by Crippen LogP contribution is -1.73. The van der Waals surface area contributed by atoms with Gasteiger partial charge in [0.05, 0.1) is 11.7 Å². The van der Waals surface area contributed by atoms with E-state index in [0.29, 0.717) is 0 Å². The Morgan fingerprint density at radius 2 is 1.64 bits per heavy atom. The van der Waals surface area contributed by atoms with Gasteiger partial charge in [0, 0.05) is 17.8 Å². The minimum Gasteiger partial charge on any atom is -0.262 e. The van der Waals surface area contributed by atoms with Crippen LogP contribution in [0.1, 0.15) is 0 Å². The van der Waals surface area contributed by atoms with E-state index < -0.39 is 0 Å². The fourth-order valence-corrected chi connectivity index (χ4v) is 1.18. The normalized spacial score (nSPS) is 9.43. The Labute approximate surface area is 82.6 Å². The Bertz CT molecular complexity index is 433. The number of aromatic nitrogens is 2. The molecule has 0 unspecified atom stereocenters. The number of rotatable bonds is 0. The second-order valence-corrected chi connectivity index (χ2v) is 2.84. The molecule has 14 heavy (non-hydrogen) atoms. The fraction of sp³-hybridized carbons (Fsp3) is 0. The minimum absolute atomic E-state index is 0.892. The van der Waals surface area contributed by atoms with Crippen LogP contribution < -0.4 is 0 Å². The summed E-state index contributed by atoms with van der Waals surface area (Å²) in [6, 6.07) is 13.7. The van der Waals surface area contributed by atoms with Crippen molar-refractivity contribution in [2.75, 3.05) is 0 Å². The van der Waals surface area contributed by atoms with E-state index in [1.165, 1.54) is 0 Å². The molecule has 2 aromatic rings. The molecule has 2 aromatic heterocycles. The first kappa shape index (κ1) is 8.63. The molecule has 0 atom stereocenters. The number of fused-ring (bicyclic) bond motifs is 1. The van der Waals surface area contributed by atoms with E-state index in [1.54, 1.807) is 18.6 Å². The summed E-state index contributed by atoms with van der Waals surface area (Å²) in [6.07, 6.45) is 5.27. The van der Waals surface area contributed by atoms with E-state index in [0.717, 1.165) is 10.9 Å². The molecule has 0 aliphatic carbocycles. The molecule has 0 aromatic carbocycles. The molecule has 68 valence electrons. The van der Waals surface area contributed by atoms with Crippen molar-refractivity contribution in [2.45, 2.75) is 0 Å². The molecule has 2 nitrogen and oxygen atoms in total. The van der Waals surface area contributed by atoms with Gasteiger partial charge in [0.25, 0.3) is 0 Å². The van der Waals surface area contributed by atoms with Gasteiger partial charge in [0.15, 0.2) is 0 Å². The third kappa shape index (κ3) is 2.04. The van der Waals surface area contributed by atoms with Gasteiger partial charge >= 0.3 is 0 Å². The van der Waals surface area contributed by atoms with Gasteiger partial charge in [-0.05, 0) is 12.1 Å². The van der Waals surface area contributed by atoms with E-state index in [1.807, 2.05) is 42.5 Å². The van der Waals surface area contributed by atoms with Gasteiger partial charge in [-0.1, -0.05) is 30.3 Å². The summed E-state index contributed by atoms with van der Waals surface area (Å²) in [4.78, 5) is 8.36. The van der Waals surface area contributed by atoms with Crippen molar-refractivity contribution in [3.63, 3.8) is 0 Å². The first-order chi connectivity index (χ1) is 6.97. The van der Waals surface area contributed by atoms with Crippen LogP contribution in [0.25, 0.3) is 10.9 Å². The lowest BCUT2D eigenvalue weighted by atomic mass is 10.3. The van der Waals surface area contributed by atoms with Crippen molar-refractivity contribution in [1.82, 2.24) is 9.97 Å². The highest BCUT2D eigenvalue weighted by molar-refractivity contribution is 5.75. The highest BCUT2D eigenvalue weighted by Gasteiger charge is 1.85. The fourth-order valence-electron chi connectivity index (χ4n) is 1.18. The predicted octanol–water partition coefficient (Wildman–Crippen LogP) is 2.75. The highest BCUT2D eigenvalue weighted by Crippen LogP contribution is 2.04. The van der Waals surface area contributed by atoms with Crippen molar-refractivity contribution >= 4 is 10.9 Å². The number of hydrogen-bond acceptors (Lipinski definition) is 2. The van der Waals surface area contributed by atoms with Crippen molar-refractivity contribution in [3.05, 3.63) is 61.1 Å². The zero-order valence-corrected chi connectivity index (χ0v) is 7.67. The molecular weight excluding hydrogens is 172 g/mol. The average Bonchev–Trinajstić information content (AvgIpc) is 2.25. The molecule has 2 rings (SSSR count). The third-order valence-corrected chi connectivity index (χ3v) is 1.85. The maximum Gasteiger partial charge on any atom is 0.0884 e. The maximum atomic E-state index is 4.23. The lowest BCUT2D eigenvalue weighted by molar-refractivity contribution is 1.33. The molecule has 0 radical (unpaired) electrons. The molecular formula is C12H10N2. The molecule has 2 heteroatoms. The molecule has 0 fully saturated rings. The van der Waals surface area contributed by atoms with Crippen LogP contribution in [0, 0.1) is 0 Å². The standard InChI is InChI=1S/C12H10N2/c1-2-4-8-13-10-12-11(6-3-1)7-5-9-14-12/h1-10H. The maximum absolute atomic E-state index is 4.23. The zero-order chi connectivity index (χ0) is 9.64. The molecule has 0 spiro atoms. The molecule has 2 heterocycles. The Kier molecular flexibility index (Phi) is 2.67. The van der Waals surface area contributed by atoms with Gasteiger partial charge in [-0.2, -0.15) is 0 Å². The molecule has 0 aliphatic heterocycles. The number of hydrogen-bond donors (Lipinski definition) is 0. The largest absolute Gasteiger partial charge is 0.262 e. The summed E-state index contributed by atoms with van der Waals surface area (Å²) < 4.78 is 0. The van der Waals surface area contributed by atoms with Gasteiger partial charge in [-0.25, -0.2) is 0 Å². The van der Waals surface area contributed by atoms with Crippen LogP contribution in [0.3, 0.4) is 0 Å². The van der Waals surface area contributed by atoms with Crippen molar-refractivity contribution in [3.8, 4) is 0 Å². The second kappa shape index (κ2) is 4.33. The van der Waals surface area contributed by atoms with E-state index in [4.69, 9.17) is 0 Å². The summed E-state index contributed by atoms with van der Waals surface area (Å²) in [7, 11) is 0. The summed E-state index contributed by atoms with van der Waals surface area (Å²) in [5.74, 6) is 0. The summed E-state index contributed by atoms with van der Waals surface area (Å²) in [5, 5.41) is 1.08. The van der Waals surface area contributed by atoms with E-state index in [2.05, 4.69) is 9.97 Å². The van der Waals surface area contributed by atoms with Gasteiger partial charge in [-0.3, -0.25) is 9.97 Å². The summed E-state index contributed by atoms with van der Waals surface area (Å²) >= 11 is 0. The predicted molar refractivity (Wildman–Crippen MR) is 57.2 cm³/mol. The zero-order valence-electron chi connectivity index (χ0n) is 7.67. The molecule has 0 aliphatic rings. The molecule has 0 saturated heterocycles. The van der Waals surface area contributed by atoms with Crippen LogP contribution in [0.15, 0.2) is 61.1 Å². The average molecular weight is 182 g/mol. The SMILES string of the molecule is c1cccc2cccnc2cncc1. The lowest BCUT2D eigenvalue weighted by Gasteiger charge is -1.88. The van der Waals surface area contributed by atoms with Gasteiger partial charge in [0.1, 0.15) is 0 Å². The Morgan fingerprint density at radius 1 is 0.786 bits per heavy atom. The third-order valence-electron chi connectivity index (χ3n) is 1.85. The Balaban J connectivity index is 2.76. The molecule has 0 saturated carbocycles. The van der Waals surface area contributed by atoms with Crippen molar-refractivity contribution in [1.29, 1.82) is 0 Å². The van der Waals surface area contributed by atoms with E-state index in [-0.39, 0.29) is 0 Å². The van der Waals surface area contributed by atoms with Crippen LogP contribution in [0.2, 0.25) is 0 Å². The molecule has 0 amide bonds. The van der Waals surface area contributed by atoms with E-state index in [9.17, 15) is 0 Å². The highest BCUT2D eigenvalue weighted by atomic mass is 14.7. The molecule has 0 bridgehead atoms. The topological polar surface area (TPSA) is 25.8 Å². The van der Waals surface area contributed by atoms with Crippen LogP contribution in [-0.4, -0.2) is 9.97 Å². The van der Waals surface area contributed by atoms with E-state index >= 15 is 0 Å². The Hall–Kier alpha value is -1.96. The second-order valence-electron chi connectivity index (χ2n) is 2.84. The monoisotopic (exact) mass is 182 g/mol. The summed E-state index contributed by atoms with van der Waals surface area (Å²) in [6.45, 7) is 0. The minimum atomic E-state index is 0.892. The first-order valence-electron chi connectivity index (χ1n) is 4.45. The van der Waals surface area contributed by atoms with Crippen LogP contribution in [-0.2, 0) is 0 Å². The van der Waals surface area contributed by atoms with Crippen LogP contribution in [0.5, 0.6) is 0 Å². The smallest absolute Gasteiger partial charge is 0.0884 e. The quantitative estimate of drug-likeness (QED) is 0.626. The summed E-state index contributed by atoms with van der Waals surface area (Å²) in [5.41, 5.74) is 0.892. The number of nitrogens with zero attached hydrogens (tertiary/aromatic N) is 2. The number of pyridine rings is 1. The first-order valence-corrected chi connectivity index (χ1v) is 4.45. The Morgan fingerprint density at radius 3 is 2.64 bits per heavy atom. The van der Waals surface area contributed by atoms with Gasteiger partial charge < -0.3 is 0 Å². The van der Waals surface area contributed by atoms with Gasteiger partial charge in [-0.15, -0.1) is 0 Å².